The number of para-hydroxylation sites is 2. The lowest BCUT2D eigenvalue weighted by atomic mass is 10.2. The predicted molar refractivity (Wildman–Crippen MR) is 111 cm³/mol. The number of rotatable bonds is 2. The van der Waals surface area contributed by atoms with E-state index in [1.165, 1.54) is 0 Å². The second kappa shape index (κ2) is 9.35. The maximum absolute atomic E-state index is 9.55. The summed E-state index contributed by atoms with van der Waals surface area (Å²) in [7, 11) is 2.17. The summed E-state index contributed by atoms with van der Waals surface area (Å²) < 4.78 is 6.05. The average molecular weight is 415 g/mol. The second-order valence-electron chi connectivity index (χ2n) is 6.43. The summed E-state index contributed by atoms with van der Waals surface area (Å²) in [5, 5.41) is 18.6. The molecule has 3 heterocycles. The molecule has 152 valence electrons. The van der Waals surface area contributed by atoms with Gasteiger partial charge in [0.15, 0.2) is 10.8 Å². The van der Waals surface area contributed by atoms with Crippen LogP contribution in [0.15, 0.2) is 52.9 Å². The number of nitrogens with zero attached hydrogens (tertiary/aromatic N) is 3. The van der Waals surface area contributed by atoms with E-state index in [0.29, 0.717) is 12.2 Å². The van der Waals surface area contributed by atoms with E-state index < -0.39 is 11.9 Å². The third-order valence-corrected chi connectivity index (χ3v) is 5.13. The van der Waals surface area contributed by atoms with Crippen LogP contribution in [0.4, 0.5) is 5.69 Å². The molecular weight excluding hydrogens is 394 g/mol. The zero-order valence-electron chi connectivity index (χ0n) is 15.8. The molecule has 0 radical (unpaired) electrons. The molecule has 1 saturated heterocycles. The first-order valence-corrected chi connectivity index (χ1v) is 9.83. The van der Waals surface area contributed by atoms with Crippen LogP contribution in [-0.4, -0.2) is 71.0 Å². The predicted octanol–water partition coefficient (Wildman–Crippen LogP) is 2.89. The molecule has 1 aromatic heterocycles. The average Bonchev–Trinajstić information content (AvgIpc) is 3.09. The zero-order valence-corrected chi connectivity index (χ0v) is 16.6. The molecule has 0 bridgehead atoms. The molecule has 8 nitrogen and oxygen atoms in total. The van der Waals surface area contributed by atoms with Crippen LogP contribution < -0.4 is 4.74 Å². The maximum atomic E-state index is 9.55. The molecule has 0 amide bonds. The quantitative estimate of drug-likeness (QED) is 0.727. The third kappa shape index (κ3) is 5.43. The Labute approximate surface area is 172 Å². The van der Waals surface area contributed by atoms with E-state index in [4.69, 9.17) is 19.9 Å². The highest BCUT2D eigenvalue weighted by atomic mass is 32.1. The van der Waals surface area contributed by atoms with Gasteiger partial charge in [-0.1, -0.05) is 12.1 Å². The van der Waals surface area contributed by atoms with Gasteiger partial charge >= 0.3 is 11.9 Å². The number of piperazine rings is 1. The van der Waals surface area contributed by atoms with Crippen LogP contribution in [-0.2, 0) is 9.59 Å². The van der Waals surface area contributed by atoms with Crippen molar-refractivity contribution in [2.24, 2.45) is 4.99 Å². The second-order valence-corrected chi connectivity index (χ2v) is 7.31. The molecule has 0 unspecified atom stereocenters. The van der Waals surface area contributed by atoms with Gasteiger partial charge in [-0.05, 0) is 30.6 Å². The Morgan fingerprint density at radius 3 is 2.38 bits per heavy atom. The molecule has 29 heavy (non-hydrogen) atoms. The highest BCUT2D eigenvalue weighted by Crippen LogP contribution is 2.40. The van der Waals surface area contributed by atoms with Gasteiger partial charge in [0.25, 0.3) is 0 Å². The monoisotopic (exact) mass is 415 g/mol. The minimum absolute atomic E-state index is 0.558. The lowest BCUT2D eigenvalue weighted by molar-refractivity contribution is -0.134. The van der Waals surface area contributed by atoms with Gasteiger partial charge in [-0.2, -0.15) is 0 Å². The highest BCUT2D eigenvalue weighted by Gasteiger charge is 2.25. The number of fused-ring (bicyclic) bond motifs is 2. The van der Waals surface area contributed by atoms with E-state index >= 15 is 0 Å². The van der Waals surface area contributed by atoms with E-state index in [1.807, 2.05) is 24.3 Å². The molecule has 0 spiro atoms. The minimum atomic E-state index is -1.26. The molecule has 2 aliphatic rings. The first kappa shape index (κ1) is 20.6. The Kier molecular flexibility index (Phi) is 6.63. The number of aliphatic imine (C=N–C) groups is 1. The Balaban J connectivity index is 0.000000258. The Bertz CT molecular complexity index is 929. The van der Waals surface area contributed by atoms with Crippen molar-refractivity contribution in [3.63, 3.8) is 0 Å². The number of amidine groups is 1. The molecule has 0 saturated carbocycles. The van der Waals surface area contributed by atoms with Gasteiger partial charge in [-0.15, -0.1) is 11.3 Å². The largest absolute Gasteiger partial charge is 0.478 e. The fraction of sp³-hybridized carbons (Fsp3) is 0.250. The summed E-state index contributed by atoms with van der Waals surface area (Å²) in [6.45, 7) is 4.15. The zero-order chi connectivity index (χ0) is 20.8. The van der Waals surface area contributed by atoms with E-state index in [9.17, 15) is 9.59 Å². The molecule has 9 heteroatoms. The number of thiophene rings is 1. The lowest BCUT2D eigenvalue weighted by Crippen LogP contribution is -2.47. The number of carboxylic acid groups (broad SMARTS) is 2. The highest BCUT2D eigenvalue weighted by molar-refractivity contribution is 7.12. The Morgan fingerprint density at radius 1 is 1.07 bits per heavy atom. The number of benzene rings is 1. The van der Waals surface area contributed by atoms with Crippen molar-refractivity contribution in [3.8, 4) is 10.8 Å². The number of hydrogen-bond acceptors (Lipinski definition) is 7. The number of carboxylic acids is 2. The molecule has 4 rings (SSSR count). The van der Waals surface area contributed by atoms with Gasteiger partial charge in [0.2, 0.25) is 0 Å². The summed E-state index contributed by atoms with van der Waals surface area (Å²) in [4.78, 5) is 28.7. The van der Waals surface area contributed by atoms with Gasteiger partial charge in [0.1, 0.15) is 11.5 Å². The van der Waals surface area contributed by atoms with Crippen molar-refractivity contribution >= 4 is 34.8 Å². The van der Waals surface area contributed by atoms with E-state index in [1.54, 1.807) is 11.3 Å². The lowest BCUT2D eigenvalue weighted by Gasteiger charge is -2.34. The summed E-state index contributed by atoms with van der Waals surface area (Å²) in [6, 6.07) is 10.1. The number of likely N-dealkylation sites (N-methyl/N-ethyl adjacent to an activating group) is 1. The van der Waals surface area contributed by atoms with Crippen LogP contribution in [0.3, 0.4) is 0 Å². The van der Waals surface area contributed by atoms with Gasteiger partial charge in [0.05, 0.1) is 5.56 Å². The molecule has 0 atom stereocenters. The number of aliphatic carboxylic acids is 2. The normalized spacial score (nSPS) is 15.9. The number of carbonyl (C=O) groups is 2. The van der Waals surface area contributed by atoms with Gasteiger partial charge < -0.3 is 24.7 Å². The SMILES string of the molecule is CN1CCN(C2=Nc3ccccc3Oc3sccc32)CC1.O=C(O)C=CC(=O)O. The van der Waals surface area contributed by atoms with Crippen LogP contribution in [0.5, 0.6) is 10.8 Å². The van der Waals surface area contributed by atoms with Crippen molar-refractivity contribution in [1.29, 1.82) is 0 Å². The number of hydrogen-bond donors (Lipinski definition) is 2. The van der Waals surface area contributed by atoms with Crippen molar-refractivity contribution in [2.45, 2.75) is 0 Å². The van der Waals surface area contributed by atoms with Crippen LogP contribution in [0.2, 0.25) is 0 Å². The van der Waals surface area contributed by atoms with Crippen LogP contribution in [0.1, 0.15) is 5.56 Å². The van der Waals surface area contributed by atoms with Crippen LogP contribution in [0.25, 0.3) is 0 Å². The maximum Gasteiger partial charge on any atom is 0.328 e. The van der Waals surface area contributed by atoms with Crippen molar-refractivity contribution < 1.29 is 24.5 Å². The van der Waals surface area contributed by atoms with E-state index in [0.717, 1.165) is 54.1 Å². The summed E-state index contributed by atoms with van der Waals surface area (Å²) in [5.41, 5.74) is 2.02. The molecule has 2 N–H and O–H groups in total. The van der Waals surface area contributed by atoms with Crippen LogP contribution in [0, 0.1) is 0 Å². The molecule has 2 aliphatic heterocycles. The third-order valence-electron chi connectivity index (χ3n) is 4.34. The van der Waals surface area contributed by atoms with Gasteiger partial charge in [0, 0.05) is 38.3 Å². The molecule has 1 fully saturated rings. The Morgan fingerprint density at radius 2 is 1.72 bits per heavy atom. The molecule has 0 aliphatic carbocycles. The summed E-state index contributed by atoms with van der Waals surface area (Å²) >= 11 is 1.63. The first-order valence-electron chi connectivity index (χ1n) is 8.95. The molecule has 1 aromatic carbocycles. The fourth-order valence-electron chi connectivity index (χ4n) is 2.85. The van der Waals surface area contributed by atoms with Gasteiger partial charge in [-0.3, -0.25) is 0 Å². The summed E-state index contributed by atoms with van der Waals surface area (Å²) in [5.74, 6) is -0.630. The van der Waals surface area contributed by atoms with Crippen LogP contribution >= 0.6 is 11.3 Å². The van der Waals surface area contributed by atoms with Crippen molar-refractivity contribution in [1.82, 2.24) is 9.80 Å². The topological polar surface area (TPSA) is 103 Å². The smallest absolute Gasteiger partial charge is 0.328 e. The number of ether oxygens (including phenoxy) is 1. The van der Waals surface area contributed by atoms with E-state index in [-0.39, 0.29) is 0 Å². The molecule has 2 aromatic rings. The van der Waals surface area contributed by atoms with E-state index in [2.05, 4.69) is 28.3 Å². The standard InChI is InChI=1S/C16H17N3OS.C4H4O4/c1-18-7-9-19(10-8-18)15-12-6-11-21-16(12)20-14-5-3-2-4-13(14)17-15;5-3(6)1-2-4(7)8/h2-6,11H,7-10H2,1H3;1-2H,(H,5,6)(H,7,8). The van der Waals surface area contributed by atoms with Gasteiger partial charge in [-0.25, -0.2) is 14.6 Å². The van der Waals surface area contributed by atoms with Crippen molar-refractivity contribution in [2.75, 3.05) is 33.2 Å². The van der Waals surface area contributed by atoms with Crippen molar-refractivity contribution in [3.05, 3.63) is 53.4 Å². The first-order chi connectivity index (χ1) is 13.9. The fourth-order valence-corrected chi connectivity index (χ4v) is 3.60. The Hall–Kier alpha value is -3.17. The summed E-state index contributed by atoms with van der Waals surface area (Å²) in [6.07, 6.45) is 1.12. The minimum Gasteiger partial charge on any atom is -0.478 e. The molecular formula is C20H21N3O5S.